The van der Waals surface area contributed by atoms with Crippen LogP contribution in [0, 0.1) is 0 Å². The van der Waals surface area contributed by atoms with E-state index >= 15 is 0 Å². The van der Waals surface area contributed by atoms with E-state index in [4.69, 9.17) is 16.6 Å². The Morgan fingerprint density at radius 1 is 1.23 bits per heavy atom. The van der Waals surface area contributed by atoms with Gasteiger partial charge >= 0.3 is 0 Å². The van der Waals surface area contributed by atoms with Crippen LogP contribution in [0.1, 0.15) is 54.7 Å². The van der Waals surface area contributed by atoms with Crippen molar-refractivity contribution in [2.45, 2.75) is 51.7 Å². The molecule has 1 saturated heterocycles. The number of carbonyl (C=O) groups excluding carboxylic acids is 1. The summed E-state index contributed by atoms with van der Waals surface area (Å²) in [5, 5.41) is 4.07. The third-order valence-corrected chi connectivity index (χ3v) is 6.75. The van der Waals surface area contributed by atoms with E-state index in [0.29, 0.717) is 30.7 Å². The van der Waals surface area contributed by atoms with E-state index in [2.05, 4.69) is 22.1 Å². The average molecular weight is 440 g/mol. The van der Waals surface area contributed by atoms with Gasteiger partial charge in [-0.3, -0.25) is 19.6 Å². The Hall–Kier alpha value is -2.64. The lowest BCUT2D eigenvalue weighted by Gasteiger charge is -2.35. The number of aromatic nitrogens is 3. The molecule has 3 aromatic rings. The Labute approximate surface area is 185 Å². The summed E-state index contributed by atoms with van der Waals surface area (Å²) in [6, 6.07) is 10.2. The zero-order valence-corrected chi connectivity index (χ0v) is 18.4. The topological polar surface area (TPSA) is 73.7 Å². The molecule has 2 aromatic heterocycles. The van der Waals surface area contributed by atoms with Crippen molar-refractivity contribution in [3.63, 3.8) is 0 Å². The molecule has 2 aliphatic heterocycles. The van der Waals surface area contributed by atoms with E-state index in [9.17, 15) is 9.59 Å². The number of likely N-dealkylation sites (tertiary alicyclic amines) is 1. The number of halogens is 1. The van der Waals surface area contributed by atoms with Crippen LogP contribution in [0.2, 0.25) is 5.02 Å². The van der Waals surface area contributed by atoms with E-state index in [-0.39, 0.29) is 17.5 Å². The zero-order chi connectivity index (χ0) is 21.5. The summed E-state index contributed by atoms with van der Waals surface area (Å²) >= 11 is 6.04. The highest BCUT2D eigenvalue weighted by atomic mass is 35.5. The summed E-state index contributed by atoms with van der Waals surface area (Å²) in [6.45, 7) is 4.33. The van der Waals surface area contributed by atoms with Crippen molar-refractivity contribution >= 4 is 23.2 Å². The van der Waals surface area contributed by atoms with E-state index < -0.39 is 0 Å². The molecule has 2 aliphatic rings. The molecule has 0 spiro atoms. The van der Waals surface area contributed by atoms with Gasteiger partial charge in [0, 0.05) is 37.5 Å². The number of H-pyrrole nitrogens is 1. The summed E-state index contributed by atoms with van der Waals surface area (Å²) in [4.78, 5) is 33.9. The third kappa shape index (κ3) is 3.88. The molecule has 31 heavy (non-hydrogen) atoms. The van der Waals surface area contributed by atoms with Crippen LogP contribution in [0.15, 0.2) is 35.1 Å². The van der Waals surface area contributed by atoms with Gasteiger partial charge in [0.2, 0.25) is 5.91 Å². The van der Waals surface area contributed by atoms with Crippen LogP contribution in [-0.4, -0.2) is 43.4 Å². The first-order chi connectivity index (χ1) is 15.0. The normalized spacial score (nSPS) is 19.5. The van der Waals surface area contributed by atoms with Gasteiger partial charge in [0.05, 0.1) is 29.5 Å². The molecular formula is C23H26ClN5O2. The van der Waals surface area contributed by atoms with Gasteiger partial charge in [-0.1, -0.05) is 30.2 Å². The van der Waals surface area contributed by atoms with E-state index in [0.717, 1.165) is 48.8 Å². The second-order valence-corrected chi connectivity index (χ2v) is 8.98. The summed E-state index contributed by atoms with van der Waals surface area (Å²) in [7, 11) is 0. The predicted molar refractivity (Wildman–Crippen MR) is 119 cm³/mol. The van der Waals surface area contributed by atoms with Crippen molar-refractivity contribution in [2.24, 2.45) is 0 Å². The number of rotatable bonds is 3. The highest BCUT2D eigenvalue weighted by Crippen LogP contribution is 2.32. The van der Waals surface area contributed by atoms with Crippen LogP contribution >= 0.6 is 11.6 Å². The number of hydrogen-bond acceptors (Lipinski definition) is 4. The van der Waals surface area contributed by atoms with Gasteiger partial charge in [-0.2, -0.15) is 0 Å². The van der Waals surface area contributed by atoms with Crippen molar-refractivity contribution in [3.05, 3.63) is 68.2 Å². The Kier molecular flexibility index (Phi) is 5.32. The lowest BCUT2D eigenvalue weighted by molar-refractivity contribution is -0.129. The molecule has 0 aliphatic carbocycles. The average Bonchev–Trinajstić information content (AvgIpc) is 3.20. The largest absolute Gasteiger partial charge is 0.338 e. The van der Waals surface area contributed by atoms with Gasteiger partial charge in [0.15, 0.2) is 5.65 Å². The van der Waals surface area contributed by atoms with E-state index in [1.165, 1.54) is 5.56 Å². The number of amides is 1. The first kappa shape index (κ1) is 20.3. The fourth-order valence-electron chi connectivity index (χ4n) is 4.80. The maximum atomic E-state index is 13.2. The minimum atomic E-state index is -0.0998. The van der Waals surface area contributed by atoms with Gasteiger partial charge in [-0.25, -0.2) is 9.50 Å². The van der Waals surface area contributed by atoms with E-state index in [1.807, 2.05) is 18.2 Å². The maximum absolute atomic E-state index is 13.2. The van der Waals surface area contributed by atoms with Gasteiger partial charge in [0.25, 0.3) is 5.56 Å². The fraction of sp³-hybridized carbons (Fsp3) is 0.435. The molecule has 8 heteroatoms. The fourth-order valence-corrected chi connectivity index (χ4v) is 4.92. The molecule has 1 atom stereocenters. The number of fused-ring (bicyclic) bond motifs is 2. The Bertz CT molecular complexity index is 1180. The standard InChI is InChI=1S/C23H26ClN5O2/c1-15(30)27-11-9-19-18(14-27)23(31)29-22(25-19)12-20(26-29)21-4-2-3-10-28(21)13-16-5-7-17(24)8-6-16/h5-8,12,21,26H,2-4,9-11,13-14H2,1H3. The second-order valence-electron chi connectivity index (χ2n) is 8.55. The Morgan fingerprint density at radius 3 is 2.81 bits per heavy atom. The summed E-state index contributed by atoms with van der Waals surface area (Å²) in [5.41, 5.74) is 4.24. The molecular weight excluding hydrogens is 414 g/mol. The van der Waals surface area contributed by atoms with Crippen molar-refractivity contribution < 1.29 is 4.79 Å². The highest BCUT2D eigenvalue weighted by molar-refractivity contribution is 6.30. The molecule has 1 aromatic carbocycles. The molecule has 7 nitrogen and oxygen atoms in total. The number of piperidine rings is 1. The molecule has 0 bridgehead atoms. The predicted octanol–water partition coefficient (Wildman–Crippen LogP) is 3.31. The molecule has 0 radical (unpaired) electrons. The number of benzene rings is 1. The third-order valence-electron chi connectivity index (χ3n) is 6.50. The van der Waals surface area contributed by atoms with Gasteiger partial charge < -0.3 is 4.90 Å². The van der Waals surface area contributed by atoms with E-state index in [1.54, 1.807) is 16.3 Å². The van der Waals surface area contributed by atoms with Crippen LogP contribution in [0.25, 0.3) is 5.65 Å². The van der Waals surface area contributed by atoms with Crippen molar-refractivity contribution in [2.75, 3.05) is 13.1 Å². The molecule has 1 fully saturated rings. The van der Waals surface area contributed by atoms with Crippen LogP contribution < -0.4 is 5.56 Å². The highest BCUT2D eigenvalue weighted by Gasteiger charge is 2.28. The number of nitrogens with one attached hydrogen (secondary N) is 1. The summed E-state index contributed by atoms with van der Waals surface area (Å²) in [6.07, 6.45) is 3.97. The Balaban J connectivity index is 1.47. The van der Waals surface area contributed by atoms with Gasteiger partial charge in [-0.15, -0.1) is 0 Å². The number of nitrogens with zero attached hydrogens (tertiary/aromatic N) is 4. The molecule has 1 N–H and O–H groups in total. The maximum Gasteiger partial charge on any atom is 0.277 e. The number of aromatic amines is 1. The molecule has 1 unspecified atom stereocenters. The lowest BCUT2D eigenvalue weighted by Crippen LogP contribution is -2.39. The van der Waals surface area contributed by atoms with Crippen molar-refractivity contribution in [1.82, 2.24) is 24.4 Å². The Morgan fingerprint density at radius 2 is 2.03 bits per heavy atom. The first-order valence-corrected chi connectivity index (χ1v) is 11.2. The van der Waals surface area contributed by atoms with Gasteiger partial charge in [0.1, 0.15) is 0 Å². The van der Waals surface area contributed by atoms with Crippen LogP contribution in [0.3, 0.4) is 0 Å². The molecule has 0 saturated carbocycles. The molecule has 5 rings (SSSR count). The monoisotopic (exact) mass is 439 g/mol. The van der Waals surface area contributed by atoms with Crippen molar-refractivity contribution in [3.8, 4) is 0 Å². The first-order valence-electron chi connectivity index (χ1n) is 10.9. The molecule has 162 valence electrons. The quantitative estimate of drug-likeness (QED) is 0.679. The van der Waals surface area contributed by atoms with Crippen LogP contribution in [-0.2, 0) is 24.3 Å². The summed E-state index contributed by atoms with van der Waals surface area (Å²) < 4.78 is 1.55. The number of hydrogen-bond donors (Lipinski definition) is 1. The smallest absolute Gasteiger partial charge is 0.277 e. The van der Waals surface area contributed by atoms with Crippen LogP contribution in [0.5, 0.6) is 0 Å². The molecule has 4 heterocycles. The second kappa shape index (κ2) is 8.13. The number of carbonyl (C=O) groups is 1. The SMILES string of the molecule is CC(=O)N1CCc2nc3cc(C4CCCCN4Cc4ccc(Cl)cc4)[nH]n3c(=O)c2C1. The van der Waals surface area contributed by atoms with Crippen molar-refractivity contribution in [1.29, 1.82) is 0 Å². The van der Waals surface area contributed by atoms with Gasteiger partial charge in [-0.05, 0) is 37.1 Å². The summed E-state index contributed by atoms with van der Waals surface area (Å²) in [5.74, 6) is -0.0117. The molecule has 1 amide bonds. The zero-order valence-electron chi connectivity index (χ0n) is 17.6. The minimum Gasteiger partial charge on any atom is -0.338 e. The van der Waals surface area contributed by atoms with Crippen LogP contribution in [0.4, 0.5) is 0 Å². The lowest BCUT2D eigenvalue weighted by atomic mass is 9.98. The minimum absolute atomic E-state index is 0.0117.